The molecule has 1 N–H and O–H groups in total. The molecule has 3 atom stereocenters. The molecule has 0 radical (unpaired) electrons. The lowest BCUT2D eigenvalue weighted by Crippen LogP contribution is -2.47. The molecule has 1 amide bonds. The molecule has 134 valence electrons. The van der Waals surface area contributed by atoms with Gasteiger partial charge in [0.05, 0.1) is 6.61 Å². The van der Waals surface area contributed by atoms with Crippen molar-refractivity contribution in [3.8, 4) is 0 Å². The molecule has 2 rings (SSSR count). The van der Waals surface area contributed by atoms with Crippen LogP contribution in [0.25, 0.3) is 0 Å². The highest BCUT2D eigenvalue weighted by Gasteiger charge is 2.37. The fraction of sp³-hybridized carbons (Fsp3) is 0.944. The van der Waals surface area contributed by atoms with Gasteiger partial charge in [-0.15, -0.1) is 0 Å². The maximum atomic E-state index is 12.3. The van der Waals surface area contributed by atoms with Crippen molar-refractivity contribution in [3.05, 3.63) is 0 Å². The van der Waals surface area contributed by atoms with E-state index in [1.165, 1.54) is 6.42 Å². The maximum Gasteiger partial charge on any atom is 0.410 e. The van der Waals surface area contributed by atoms with E-state index < -0.39 is 5.60 Å². The lowest BCUT2D eigenvalue weighted by Gasteiger charge is -2.35. The van der Waals surface area contributed by atoms with Gasteiger partial charge in [-0.1, -0.05) is 6.92 Å². The largest absolute Gasteiger partial charge is 0.444 e. The topological polar surface area (TPSA) is 50.8 Å². The van der Waals surface area contributed by atoms with Crippen LogP contribution in [0.2, 0.25) is 0 Å². The highest BCUT2D eigenvalue weighted by Crippen LogP contribution is 2.29. The molecule has 0 saturated carbocycles. The van der Waals surface area contributed by atoms with Gasteiger partial charge in [-0.05, 0) is 64.8 Å². The van der Waals surface area contributed by atoms with Gasteiger partial charge in [-0.2, -0.15) is 0 Å². The number of likely N-dealkylation sites (tertiary alicyclic amines) is 1. The molecule has 0 aromatic carbocycles. The molecule has 0 aliphatic carbocycles. The SMILES string of the molecule is CCCNC(C1CCCOC1)C1CCN(C(=O)OC(C)(C)C)C1. The van der Waals surface area contributed by atoms with Gasteiger partial charge in [0, 0.05) is 25.7 Å². The Morgan fingerprint density at radius 2 is 2.13 bits per heavy atom. The first-order valence-electron chi connectivity index (χ1n) is 9.19. The zero-order valence-electron chi connectivity index (χ0n) is 15.3. The van der Waals surface area contributed by atoms with Crippen molar-refractivity contribution >= 4 is 6.09 Å². The third kappa shape index (κ3) is 5.64. The Bertz CT molecular complexity index is 375. The number of carbonyl (C=O) groups excluding carboxylic acids is 1. The van der Waals surface area contributed by atoms with Crippen LogP contribution in [0.4, 0.5) is 4.79 Å². The standard InChI is InChI=1S/C18H34N2O3/c1-5-9-19-16(15-7-6-11-22-13-15)14-8-10-20(12-14)17(21)23-18(2,3)4/h14-16,19H,5-13H2,1-4H3. The molecular weight excluding hydrogens is 292 g/mol. The average molecular weight is 326 g/mol. The van der Waals surface area contributed by atoms with Crippen molar-refractivity contribution < 1.29 is 14.3 Å². The van der Waals surface area contributed by atoms with E-state index in [1.54, 1.807) is 0 Å². The summed E-state index contributed by atoms with van der Waals surface area (Å²) in [4.78, 5) is 14.2. The molecular formula is C18H34N2O3. The van der Waals surface area contributed by atoms with Crippen molar-refractivity contribution in [1.82, 2.24) is 10.2 Å². The van der Waals surface area contributed by atoms with Crippen LogP contribution in [-0.4, -0.2) is 55.5 Å². The second-order valence-corrected chi connectivity index (χ2v) is 7.93. The number of nitrogens with one attached hydrogen (secondary N) is 1. The summed E-state index contributed by atoms with van der Waals surface area (Å²) in [5, 5.41) is 3.73. The van der Waals surface area contributed by atoms with Gasteiger partial charge in [0.15, 0.2) is 0 Å². The van der Waals surface area contributed by atoms with E-state index in [2.05, 4.69) is 12.2 Å². The molecule has 0 aromatic rings. The second-order valence-electron chi connectivity index (χ2n) is 7.93. The van der Waals surface area contributed by atoms with E-state index >= 15 is 0 Å². The highest BCUT2D eigenvalue weighted by atomic mass is 16.6. The summed E-state index contributed by atoms with van der Waals surface area (Å²) >= 11 is 0. The van der Waals surface area contributed by atoms with E-state index in [-0.39, 0.29) is 6.09 Å². The van der Waals surface area contributed by atoms with Crippen LogP contribution in [-0.2, 0) is 9.47 Å². The summed E-state index contributed by atoms with van der Waals surface area (Å²) in [6, 6.07) is 0.447. The maximum absolute atomic E-state index is 12.3. The summed E-state index contributed by atoms with van der Waals surface area (Å²) in [5.41, 5.74) is -0.424. The van der Waals surface area contributed by atoms with Crippen LogP contribution in [0.1, 0.15) is 53.4 Å². The van der Waals surface area contributed by atoms with E-state index in [4.69, 9.17) is 9.47 Å². The third-order valence-electron chi connectivity index (χ3n) is 4.72. The molecule has 2 aliphatic heterocycles. The Balaban J connectivity index is 1.93. The van der Waals surface area contributed by atoms with Crippen molar-refractivity contribution in [2.75, 3.05) is 32.8 Å². The Labute approximate surface area is 141 Å². The van der Waals surface area contributed by atoms with Crippen LogP contribution >= 0.6 is 0 Å². The molecule has 2 fully saturated rings. The van der Waals surface area contributed by atoms with Gasteiger partial charge in [-0.3, -0.25) is 0 Å². The van der Waals surface area contributed by atoms with E-state index in [0.29, 0.717) is 17.9 Å². The van der Waals surface area contributed by atoms with Crippen molar-refractivity contribution in [2.45, 2.75) is 65.0 Å². The molecule has 5 heteroatoms. The summed E-state index contributed by atoms with van der Waals surface area (Å²) < 4.78 is 11.2. The van der Waals surface area contributed by atoms with Gasteiger partial charge in [0.2, 0.25) is 0 Å². The molecule has 2 saturated heterocycles. The lowest BCUT2D eigenvalue weighted by molar-refractivity contribution is 0.0225. The van der Waals surface area contributed by atoms with Crippen LogP contribution in [0.15, 0.2) is 0 Å². The molecule has 2 aliphatic rings. The summed E-state index contributed by atoms with van der Waals surface area (Å²) in [5.74, 6) is 1.07. The molecule has 2 heterocycles. The van der Waals surface area contributed by atoms with Crippen LogP contribution < -0.4 is 5.32 Å². The van der Waals surface area contributed by atoms with Crippen molar-refractivity contribution in [3.63, 3.8) is 0 Å². The molecule has 3 unspecified atom stereocenters. The Morgan fingerprint density at radius 1 is 1.35 bits per heavy atom. The van der Waals surface area contributed by atoms with Gasteiger partial charge in [0.25, 0.3) is 0 Å². The molecule has 0 spiro atoms. The number of rotatable bonds is 5. The van der Waals surface area contributed by atoms with Gasteiger partial charge in [-0.25, -0.2) is 4.79 Å². The fourth-order valence-corrected chi connectivity index (χ4v) is 3.65. The zero-order valence-corrected chi connectivity index (χ0v) is 15.3. The number of carbonyl (C=O) groups is 1. The fourth-order valence-electron chi connectivity index (χ4n) is 3.65. The van der Waals surface area contributed by atoms with Crippen LogP contribution in [0.5, 0.6) is 0 Å². The van der Waals surface area contributed by atoms with Crippen LogP contribution in [0.3, 0.4) is 0 Å². The van der Waals surface area contributed by atoms with Gasteiger partial charge < -0.3 is 19.7 Å². The van der Waals surface area contributed by atoms with Crippen molar-refractivity contribution in [1.29, 1.82) is 0 Å². The second kappa shape index (κ2) is 8.34. The lowest BCUT2D eigenvalue weighted by atomic mass is 9.84. The minimum Gasteiger partial charge on any atom is -0.444 e. The first-order chi connectivity index (χ1) is 10.9. The van der Waals surface area contributed by atoms with E-state index in [9.17, 15) is 4.79 Å². The van der Waals surface area contributed by atoms with Crippen LogP contribution in [0, 0.1) is 11.8 Å². The quantitative estimate of drug-likeness (QED) is 0.844. The Hall–Kier alpha value is -0.810. The number of ether oxygens (including phenoxy) is 2. The number of nitrogens with zero attached hydrogens (tertiary/aromatic N) is 1. The summed E-state index contributed by atoms with van der Waals surface area (Å²) in [7, 11) is 0. The smallest absolute Gasteiger partial charge is 0.410 e. The third-order valence-corrected chi connectivity index (χ3v) is 4.72. The number of hydrogen-bond acceptors (Lipinski definition) is 4. The predicted octanol–water partition coefficient (Wildman–Crippen LogP) is 3.04. The van der Waals surface area contributed by atoms with E-state index in [0.717, 1.165) is 52.1 Å². The van der Waals surface area contributed by atoms with Crippen molar-refractivity contribution in [2.24, 2.45) is 11.8 Å². The zero-order chi connectivity index (χ0) is 16.9. The monoisotopic (exact) mass is 326 g/mol. The molecule has 0 bridgehead atoms. The number of hydrogen-bond donors (Lipinski definition) is 1. The first kappa shape index (κ1) is 18.5. The van der Waals surface area contributed by atoms with E-state index in [1.807, 2.05) is 25.7 Å². The average Bonchev–Trinajstić information content (AvgIpc) is 2.97. The predicted molar refractivity (Wildman–Crippen MR) is 91.5 cm³/mol. The Kier molecular flexibility index (Phi) is 6.72. The molecule has 23 heavy (non-hydrogen) atoms. The van der Waals surface area contributed by atoms with Gasteiger partial charge in [0.1, 0.15) is 5.60 Å². The Morgan fingerprint density at radius 3 is 2.74 bits per heavy atom. The summed E-state index contributed by atoms with van der Waals surface area (Å²) in [6.07, 6.45) is 4.39. The van der Waals surface area contributed by atoms with Gasteiger partial charge >= 0.3 is 6.09 Å². The molecule has 5 nitrogen and oxygen atoms in total. The summed E-state index contributed by atoms with van der Waals surface area (Å²) in [6.45, 7) is 12.3. The number of amides is 1. The minimum absolute atomic E-state index is 0.172. The molecule has 0 aromatic heterocycles. The highest BCUT2D eigenvalue weighted by molar-refractivity contribution is 5.68. The minimum atomic E-state index is -0.424. The normalized spacial score (nSPS) is 27.0. The first-order valence-corrected chi connectivity index (χ1v) is 9.19.